The Bertz CT molecular complexity index is 2190. The van der Waals surface area contributed by atoms with Gasteiger partial charge in [0.2, 0.25) is 0 Å². The summed E-state index contributed by atoms with van der Waals surface area (Å²) in [6, 6.07) is 25.8. The zero-order valence-corrected chi connectivity index (χ0v) is 32.1. The Hall–Kier alpha value is -6.30. The summed E-state index contributed by atoms with van der Waals surface area (Å²) in [5, 5.41) is 56.6. The maximum Gasteiger partial charge on any atom is 2.00 e. The van der Waals surface area contributed by atoms with Crippen molar-refractivity contribution in [1.82, 2.24) is 40.3 Å². The van der Waals surface area contributed by atoms with Crippen LogP contribution in [0, 0.1) is 0 Å². The average molecular weight is 967 g/mol. The molecule has 323 valence electrons. The molecule has 0 aliphatic rings. The minimum Gasteiger partial charge on any atom is -0.573 e. The van der Waals surface area contributed by atoms with Gasteiger partial charge in [-0.3, -0.25) is 19.9 Å². The topological polar surface area (TPSA) is 458 Å². The number of benzene rings is 2. The summed E-state index contributed by atoms with van der Waals surface area (Å²) in [4.78, 5) is 57.4. The van der Waals surface area contributed by atoms with Crippen LogP contribution >= 0.6 is 0 Å². The maximum atomic E-state index is 10.0. The van der Waals surface area contributed by atoms with Crippen LogP contribution in [-0.4, -0.2) is 75.9 Å². The van der Waals surface area contributed by atoms with Crippen molar-refractivity contribution in [1.29, 1.82) is 0 Å². The number of hydrogen-bond donors (Lipinski definition) is 0. The van der Waals surface area contributed by atoms with Crippen LogP contribution in [0.3, 0.4) is 0 Å². The molecule has 6 aromatic heterocycles. The number of pyridine rings is 4. The molecule has 6 heterocycles. The minimum atomic E-state index is -1.56. The van der Waals surface area contributed by atoms with Gasteiger partial charge >= 0.3 is 51.2 Å². The van der Waals surface area contributed by atoms with Crippen molar-refractivity contribution in [3.8, 4) is 0 Å². The van der Waals surface area contributed by atoms with Crippen molar-refractivity contribution in [2.75, 3.05) is 0 Å². The first-order valence-corrected chi connectivity index (χ1v) is 14.2. The van der Waals surface area contributed by atoms with Crippen molar-refractivity contribution >= 4 is 67.5 Å². The first-order chi connectivity index (χ1) is 24.1. The van der Waals surface area contributed by atoms with Crippen LogP contribution in [-0.2, 0) is 62.2 Å². The molecule has 0 bridgehead atoms. The fourth-order valence-electron chi connectivity index (χ4n) is 4.35. The summed E-state index contributed by atoms with van der Waals surface area (Å²) in [6.07, 6.45) is 7.21. The predicted octanol–water partition coefficient (Wildman–Crippen LogP) is -6.05. The Morgan fingerprint density at radius 1 is 0.407 bits per heavy atom. The monoisotopic (exact) mass is 965 g/mol. The Morgan fingerprint density at radius 3 is 0.814 bits per heavy atom. The van der Waals surface area contributed by atoms with E-state index in [1.54, 1.807) is 24.8 Å². The van der Waals surface area contributed by atoms with E-state index in [1.807, 2.05) is 24.3 Å². The number of carbonyl (C=O) groups excluding carboxylic acids is 4. The Kier molecular flexibility index (Phi) is 30.4. The average Bonchev–Trinajstić information content (AvgIpc) is 3.85. The second-order valence-corrected chi connectivity index (χ2v) is 9.81. The number of carboxylic acid groups (broad SMARTS) is 4. The molecule has 22 nitrogen and oxygen atoms in total. The van der Waals surface area contributed by atoms with E-state index in [-0.39, 0.29) is 84.1 Å². The third-order valence-electron chi connectivity index (χ3n) is 6.60. The Balaban J connectivity index is -0.000000210. The standard InChI is InChI=1S/2C12H8N2.2C5H4N2O4.3Cu.6H2O/c2*1-3-9-5-6-10-4-2-8-14-12(10)11(9)13-7-1;2*8-4(9)2-1-3(5(10)11)7-6-2;;;;;;;;;/h2*1-8H;2*1H,(H3,6,7,8,9,10,11);;;;6*1H2/q;;;;3*+2;;;;;;/p-4. The number of rotatable bonds is 4. The summed E-state index contributed by atoms with van der Waals surface area (Å²) in [5.74, 6) is -6.26. The smallest absolute Gasteiger partial charge is 0.573 e. The van der Waals surface area contributed by atoms with Gasteiger partial charge in [-0.25, -0.2) is 0 Å². The molecule has 0 aliphatic carbocycles. The van der Waals surface area contributed by atoms with Crippen LogP contribution in [0.1, 0.15) is 42.0 Å². The molecule has 0 spiro atoms. The van der Waals surface area contributed by atoms with Crippen molar-refractivity contribution in [3.63, 3.8) is 0 Å². The van der Waals surface area contributed by atoms with E-state index in [4.69, 9.17) is 0 Å². The zero-order chi connectivity index (χ0) is 35.6. The third-order valence-corrected chi connectivity index (χ3v) is 6.60. The molecule has 0 saturated carbocycles. The van der Waals surface area contributed by atoms with Gasteiger partial charge in [-0.15, -0.1) is 0 Å². The summed E-state index contributed by atoms with van der Waals surface area (Å²) in [6.45, 7) is 0. The van der Waals surface area contributed by atoms with E-state index >= 15 is 0 Å². The molecule has 8 aromatic rings. The molecule has 0 atom stereocenters. The quantitative estimate of drug-likeness (QED) is 0.0900. The molecule has 0 saturated heterocycles. The van der Waals surface area contributed by atoms with Crippen molar-refractivity contribution in [3.05, 3.63) is 132 Å². The van der Waals surface area contributed by atoms with Crippen molar-refractivity contribution in [2.24, 2.45) is 0 Å². The third kappa shape index (κ3) is 15.9. The predicted molar refractivity (Wildman–Crippen MR) is 191 cm³/mol. The molecule has 25 heteroatoms. The van der Waals surface area contributed by atoms with E-state index in [2.05, 4.69) is 88.9 Å². The van der Waals surface area contributed by atoms with E-state index in [9.17, 15) is 39.6 Å². The van der Waals surface area contributed by atoms with Crippen molar-refractivity contribution < 1.29 is 124 Å². The fourth-order valence-corrected chi connectivity index (χ4v) is 4.35. The number of hydrogen-bond acceptors (Lipinski definition) is 14. The first kappa shape index (κ1) is 61.9. The van der Waals surface area contributed by atoms with E-state index < -0.39 is 46.7 Å². The SMILES string of the molecule is O.O.O.O.O=C([O-])c1cc(C(=O)[O-])[n-]n1.O=C([O-])c1cc(C(=O)[O-])[n-]n1.[Cu+2].[Cu+2].[Cu+2].[OH3+].[OH3+].c1cnc2c(c1)ccc1cccnc12.c1cnc2c(c1)ccc1cccnc12. The molecule has 59 heavy (non-hydrogen) atoms. The van der Waals surface area contributed by atoms with Crippen LogP contribution in [0.25, 0.3) is 43.6 Å². The molecular weight excluding hydrogens is 935 g/mol. The van der Waals surface area contributed by atoms with E-state index in [1.165, 1.54) is 0 Å². The molecule has 3 radical (unpaired) electrons. The van der Waals surface area contributed by atoms with Gasteiger partial charge in [-0.1, -0.05) is 59.9 Å². The van der Waals surface area contributed by atoms with Gasteiger partial charge in [0.05, 0.1) is 57.3 Å². The second kappa shape index (κ2) is 29.0. The summed E-state index contributed by atoms with van der Waals surface area (Å²) in [5.41, 5.74) is 1.87. The fraction of sp³-hybridized carbons (Fsp3) is 0. The number of fused-ring (bicyclic) bond motifs is 6. The molecule has 14 N–H and O–H groups in total. The Labute approximate surface area is 362 Å². The van der Waals surface area contributed by atoms with Gasteiger partial charge in [-0.05, 0) is 36.4 Å². The molecule has 0 fully saturated rings. The van der Waals surface area contributed by atoms with Gasteiger partial charge in [0.15, 0.2) is 0 Å². The molecule has 0 amide bonds. The minimum absolute atomic E-state index is 0. The normalized spacial score (nSPS) is 8.68. The second-order valence-electron chi connectivity index (χ2n) is 9.81. The summed E-state index contributed by atoms with van der Waals surface area (Å²) < 4.78 is 0. The Morgan fingerprint density at radius 2 is 0.644 bits per heavy atom. The van der Waals surface area contributed by atoms with Crippen LogP contribution in [0.15, 0.2) is 110 Å². The summed E-state index contributed by atoms with van der Waals surface area (Å²) >= 11 is 0. The van der Waals surface area contributed by atoms with Gasteiger partial charge in [0.1, 0.15) is 0 Å². The number of aromatic nitrogens is 8. The van der Waals surface area contributed by atoms with Gasteiger partial charge < -0.3 is 92.9 Å². The number of carboxylic acids is 4. The molecule has 0 aliphatic heterocycles. The van der Waals surface area contributed by atoms with E-state index in [0.29, 0.717) is 0 Å². The number of nitrogens with zero attached hydrogens (tertiary/aromatic N) is 8. The van der Waals surface area contributed by atoms with Crippen LogP contribution in [0.4, 0.5) is 0 Å². The molecule has 0 unspecified atom stereocenters. The zero-order valence-electron chi connectivity index (χ0n) is 29.3. The molecule has 2 aromatic carbocycles. The largest absolute Gasteiger partial charge is 2.00 e. The van der Waals surface area contributed by atoms with Gasteiger partial charge in [0.25, 0.3) is 0 Å². The van der Waals surface area contributed by atoms with Gasteiger partial charge in [0, 0.05) is 46.3 Å². The number of carbonyl (C=O) groups is 4. The molecular formula is C34H32Cu3N8O14+2. The number of aromatic carboxylic acids is 4. The van der Waals surface area contributed by atoms with E-state index in [0.717, 1.165) is 55.7 Å². The summed E-state index contributed by atoms with van der Waals surface area (Å²) in [7, 11) is 0. The van der Waals surface area contributed by atoms with Crippen LogP contribution in [0.2, 0.25) is 0 Å². The molecule has 8 rings (SSSR count). The van der Waals surface area contributed by atoms with Crippen LogP contribution in [0.5, 0.6) is 0 Å². The van der Waals surface area contributed by atoms with Crippen molar-refractivity contribution in [2.45, 2.75) is 0 Å². The van der Waals surface area contributed by atoms with Crippen LogP contribution < -0.4 is 30.6 Å². The maximum absolute atomic E-state index is 10.0. The van der Waals surface area contributed by atoms with Gasteiger partial charge in [-0.2, -0.15) is 0 Å². The first-order valence-electron chi connectivity index (χ1n) is 14.2.